The summed E-state index contributed by atoms with van der Waals surface area (Å²) in [4.78, 5) is 20.2. The Morgan fingerprint density at radius 1 is 1.25 bits per heavy atom. The van der Waals surface area contributed by atoms with E-state index in [4.69, 9.17) is 11.6 Å². The van der Waals surface area contributed by atoms with Crippen LogP contribution in [0.4, 0.5) is 11.5 Å². The number of hydrogen-bond donors (Lipinski definition) is 2. The molecular weight excluding hydrogens is 328 g/mol. The highest BCUT2D eigenvalue weighted by molar-refractivity contribution is 6.30. The van der Waals surface area contributed by atoms with Crippen LogP contribution < -0.4 is 5.32 Å². The highest BCUT2D eigenvalue weighted by atomic mass is 35.5. The van der Waals surface area contributed by atoms with Gasteiger partial charge in [0.15, 0.2) is 5.82 Å². The van der Waals surface area contributed by atoms with Gasteiger partial charge in [-0.15, -0.1) is 0 Å². The van der Waals surface area contributed by atoms with Crippen molar-refractivity contribution in [2.45, 2.75) is 0 Å². The molecule has 118 valence electrons. The SMILES string of the molecule is O=C(O)c1ccn2c1c(Nc1cccc(Cl)c1)nc1ccncc12. The number of aromatic carboxylic acids is 1. The highest BCUT2D eigenvalue weighted by Gasteiger charge is 2.17. The van der Waals surface area contributed by atoms with Crippen molar-refractivity contribution in [1.82, 2.24) is 14.4 Å². The maximum atomic E-state index is 11.6. The predicted molar refractivity (Wildman–Crippen MR) is 92.2 cm³/mol. The van der Waals surface area contributed by atoms with E-state index in [-0.39, 0.29) is 5.56 Å². The average Bonchev–Trinajstić information content (AvgIpc) is 3.01. The van der Waals surface area contributed by atoms with Crippen LogP contribution in [0.1, 0.15) is 10.4 Å². The maximum absolute atomic E-state index is 11.6. The number of halogens is 1. The fraction of sp³-hybridized carbons (Fsp3) is 0. The van der Waals surface area contributed by atoms with E-state index >= 15 is 0 Å². The van der Waals surface area contributed by atoms with Gasteiger partial charge in [-0.1, -0.05) is 17.7 Å². The molecule has 0 amide bonds. The van der Waals surface area contributed by atoms with Crippen LogP contribution in [0.2, 0.25) is 5.02 Å². The summed E-state index contributed by atoms with van der Waals surface area (Å²) in [6.45, 7) is 0. The largest absolute Gasteiger partial charge is 0.478 e. The number of benzene rings is 1. The highest BCUT2D eigenvalue weighted by Crippen LogP contribution is 2.28. The zero-order valence-corrected chi connectivity index (χ0v) is 13.0. The Labute approximate surface area is 141 Å². The van der Waals surface area contributed by atoms with E-state index in [2.05, 4.69) is 15.3 Å². The van der Waals surface area contributed by atoms with E-state index in [1.807, 2.05) is 12.1 Å². The molecule has 4 rings (SSSR count). The lowest BCUT2D eigenvalue weighted by atomic mass is 10.2. The first-order valence-corrected chi connectivity index (χ1v) is 7.52. The van der Waals surface area contributed by atoms with Gasteiger partial charge >= 0.3 is 5.97 Å². The van der Waals surface area contributed by atoms with E-state index in [9.17, 15) is 9.90 Å². The van der Waals surface area contributed by atoms with Crippen LogP contribution in [0, 0.1) is 0 Å². The minimum Gasteiger partial charge on any atom is -0.478 e. The summed E-state index contributed by atoms with van der Waals surface area (Å²) in [6.07, 6.45) is 5.00. The third-order valence-corrected chi connectivity index (χ3v) is 3.93. The Morgan fingerprint density at radius 2 is 2.12 bits per heavy atom. The first kappa shape index (κ1) is 14.5. The number of rotatable bonds is 3. The molecule has 0 bridgehead atoms. The maximum Gasteiger partial charge on any atom is 0.338 e. The van der Waals surface area contributed by atoms with Gasteiger partial charge in [-0.3, -0.25) is 4.98 Å². The molecule has 2 N–H and O–H groups in total. The second-order valence-electron chi connectivity index (χ2n) is 5.21. The molecule has 0 spiro atoms. The molecule has 4 aromatic rings. The first-order chi connectivity index (χ1) is 11.6. The van der Waals surface area contributed by atoms with Gasteiger partial charge in [0.05, 0.1) is 22.8 Å². The smallest absolute Gasteiger partial charge is 0.338 e. The predicted octanol–water partition coefficient (Wildman–Crippen LogP) is 3.98. The molecule has 0 atom stereocenters. The standard InChI is InChI=1S/C17H11ClN4O2/c18-10-2-1-3-11(8-10)20-16-15-12(17(23)24)5-7-22(15)14-9-19-6-4-13(14)21-16/h1-9H,(H,20,21)(H,23,24). The number of fused-ring (bicyclic) bond motifs is 3. The van der Waals surface area contributed by atoms with Crippen LogP contribution in [0.15, 0.2) is 55.0 Å². The quantitative estimate of drug-likeness (QED) is 0.590. The molecular formula is C17H11ClN4O2. The molecule has 7 heteroatoms. The lowest BCUT2D eigenvalue weighted by Gasteiger charge is -2.11. The summed E-state index contributed by atoms with van der Waals surface area (Å²) >= 11 is 6.02. The van der Waals surface area contributed by atoms with Gasteiger partial charge in [0, 0.05) is 23.1 Å². The van der Waals surface area contributed by atoms with Crippen LogP contribution in [-0.4, -0.2) is 25.4 Å². The summed E-state index contributed by atoms with van der Waals surface area (Å²) in [5, 5.41) is 13.2. The Balaban J connectivity index is 2.00. The van der Waals surface area contributed by atoms with Crippen molar-refractivity contribution in [3.05, 3.63) is 65.6 Å². The Kier molecular flexibility index (Phi) is 3.32. The number of carbonyl (C=O) groups is 1. The summed E-state index contributed by atoms with van der Waals surface area (Å²) in [5.74, 6) is -0.574. The van der Waals surface area contributed by atoms with Gasteiger partial charge in [-0.25, -0.2) is 9.78 Å². The fourth-order valence-electron chi connectivity index (χ4n) is 2.67. The number of carboxylic acids is 1. The minimum atomic E-state index is -1.02. The Morgan fingerprint density at radius 3 is 2.92 bits per heavy atom. The summed E-state index contributed by atoms with van der Waals surface area (Å²) in [6, 6.07) is 10.5. The number of nitrogens with zero attached hydrogens (tertiary/aromatic N) is 3. The molecule has 0 saturated heterocycles. The van der Waals surface area contributed by atoms with Crippen molar-refractivity contribution in [2.75, 3.05) is 5.32 Å². The summed E-state index contributed by atoms with van der Waals surface area (Å²) in [5.41, 5.74) is 2.80. The third-order valence-electron chi connectivity index (χ3n) is 3.70. The molecule has 0 fully saturated rings. The van der Waals surface area contributed by atoms with E-state index in [1.165, 1.54) is 0 Å². The normalized spacial score (nSPS) is 11.0. The molecule has 0 saturated carbocycles. The van der Waals surface area contributed by atoms with E-state index in [1.54, 1.807) is 47.3 Å². The first-order valence-electron chi connectivity index (χ1n) is 7.14. The summed E-state index contributed by atoms with van der Waals surface area (Å²) in [7, 11) is 0. The Bertz CT molecular complexity index is 1090. The third kappa shape index (κ3) is 2.33. The number of nitrogens with one attached hydrogen (secondary N) is 1. The fourth-order valence-corrected chi connectivity index (χ4v) is 2.86. The topological polar surface area (TPSA) is 79.5 Å². The van der Waals surface area contributed by atoms with Crippen LogP contribution in [-0.2, 0) is 0 Å². The van der Waals surface area contributed by atoms with Crippen molar-refractivity contribution >= 4 is 45.6 Å². The molecule has 3 heterocycles. The lowest BCUT2D eigenvalue weighted by Crippen LogP contribution is -2.03. The molecule has 0 aliphatic rings. The molecule has 24 heavy (non-hydrogen) atoms. The number of anilines is 2. The number of pyridine rings is 1. The molecule has 0 radical (unpaired) electrons. The second-order valence-corrected chi connectivity index (χ2v) is 5.65. The molecule has 0 unspecified atom stereocenters. The van der Waals surface area contributed by atoms with E-state index < -0.39 is 5.97 Å². The number of carboxylic acid groups (broad SMARTS) is 1. The summed E-state index contributed by atoms with van der Waals surface area (Å²) < 4.78 is 1.77. The van der Waals surface area contributed by atoms with Crippen molar-refractivity contribution in [3.63, 3.8) is 0 Å². The van der Waals surface area contributed by atoms with Gasteiger partial charge in [-0.05, 0) is 30.3 Å². The Hall–Kier alpha value is -3.12. The van der Waals surface area contributed by atoms with Gasteiger partial charge in [0.25, 0.3) is 0 Å². The zero-order chi connectivity index (χ0) is 16.7. The van der Waals surface area contributed by atoms with Gasteiger partial charge in [0.1, 0.15) is 5.52 Å². The van der Waals surface area contributed by atoms with E-state index in [0.717, 1.165) is 11.2 Å². The average molecular weight is 339 g/mol. The molecule has 0 aliphatic carbocycles. The molecule has 3 aromatic heterocycles. The van der Waals surface area contributed by atoms with Gasteiger partial charge in [-0.2, -0.15) is 0 Å². The van der Waals surface area contributed by atoms with Crippen molar-refractivity contribution in [2.24, 2.45) is 0 Å². The van der Waals surface area contributed by atoms with Crippen LogP contribution in [0.25, 0.3) is 16.6 Å². The zero-order valence-electron chi connectivity index (χ0n) is 12.3. The minimum absolute atomic E-state index is 0.165. The van der Waals surface area contributed by atoms with Crippen LogP contribution in [0.3, 0.4) is 0 Å². The lowest BCUT2D eigenvalue weighted by molar-refractivity contribution is 0.0699. The molecule has 1 aromatic carbocycles. The van der Waals surface area contributed by atoms with E-state index in [0.29, 0.717) is 21.9 Å². The van der Waals surface area contributed by atoms with Crippen molar-refractivity contribution in [3.8, 4) is 0 Å². The van der Waals surface area contributed by atoms with Crippen molar-refractivity contribution in [1.29, 1.82) is 0 Å². The molecule has 6 nitrogen and oxygen atoms in total. The number of aromatic nitrogens is 3. The monoisotopic (exact) mass is 338 g/mol. The van der Waals surface area contributed by atoms with Crippen molar-refractivity contribution < 1.29 is 9.90 Å². The number of hydrogen-bond acceptors (Lipinski definition) is 4. The van der Waals surface area contributed by atoms with Gasteiger partial charge < -0.3 is 14.8 Å². The molecule has 0 aliphatic heterocycles. The second kappa shape index (κ2) is 5.50. The van der Waals surface area contributed by atoms with Gasteiger partial charge in [0.2, 0.25) is 0 Å². The van der Waals surface area contributed by atoms with Crippen LogP contribution in [0.5, 0.6) is 0 Å². The van der Waals surface area contributed by atoms with Crippen LogP contribution >= 0.6 is 11.6 Å².